The zero-order valence-corrected chi connectivity index (χ0v) is 11.6. The topological polar surface area (TPSA) is 33.1 Å². The molecule has 1 aromatic heterocycles. The molecule has 0 amide bonds. The zero-order chi connectivity index (χ0) is 13.9. The highest BCUT2D eigenvalue weighted by atomic mass is 19.3. The summed E-state index contributed by atoms with van der Waals surface area (Å²) < 4.78 is 26.5. The molecule has 0 unspecified atom stereocenters. The minimum Gasteiger partial charge on any atom is -0.314 e. The van der Waals surface area contributed by atoms with Crippen LogP contribution in [0.1, 0.15) is 38.1 Å². The molecule has 2 heterocycles. The summed E-state index contributed by atoms with van der Waals surface area (Å²) in [6, 6.07) is 0.599. The molecule has 0 bridgehead atoms. The van der Waals surface area contributed by atoms with Crippen molar-refractivity contribution in [1.82, 2.24) is 19.8 Å². The van der Waals surface area contributed by atoms with Crippen molar-refractivity contribution in [2.75, 3.05) is 19.6 Å². The van der Waals surface area contributed by atoms with Gasteiger partial charge >= 0.3 is 6.55 Å². The fourth-order valence-electron chi connectivity index (χ4n) is 2.79. The smallest absolute Gasteiger partial charge is 0.314 e. The van der Waals surface area contributed by atoms with E-state index < -0.39 is 6.55 Å². The number of piperidine rings is 1. The summed E-state index contributed by atoms with van der Waals surface area (Å²) >= 11 is 0. The van der Waals surface area contributed by atoms with Crippen LogP contribution in [0.2, 0.25) is 0 Å². The van der Waals surface area contributed by atoms with Gasteiger partial charge in [-0.15, -0.1) is 0 Å². The highest BCUT2D eigenvalue weighted by Crippen LogP contribution is 2.28. The second-order valence-electron chi connectivity index (χ2n) is 5.93. The van der Waals surface area contributed by atoms with Crippen molar-refractivity contribution >= 4 is 0 Å². The van der Waals surface area contributed by atoms with Crippen molar-refractivity contribution in [3.63, 3.8) is 0 Å². The second kappa shape index (κ2) is 6.18. The van der Waals surface area contributed by atoms with Gasteiger partial charge in [0.15, 0.2) is 0 Å². The quantitative estimate of drug-likeness (QED) is 0.869. The Morgan fingerprint density at radius 3 is 2.65 bits per heavy atom. The van der Waals surface area contributed by atoms with E-state index >= 15 is 0 Å². The highest BCUT2D eigenvalue weighted by molar-refractivity contribution is 4.94. The minimum absolute atomic E-state index is 0.462. The summed E-state index contributed by atoms with van der Waals surface area (Å²) in [4.78, 5) is 6.26. The van der Waals surface area contributed by atoms with Crippen LogP contribution in [0.5, 0.6) is 0 Å². The predicted molar refractivity (Wildman–Crippen MR) is 72.5 cm³/mol. The third-order valence-corrected chi connectivity index (χ3v) is 4.30. The number of halogens is 2. The van der Waals surface area contributed by atoms with Crippen LogP contribution in [-0.4, -0.2) is 40.1 Å². The molecular weight excluding hydrogens is 262 g/mol. The van der Waals surface area contributed by atoms with E-state index in [9.17, 15) is 8.78 Å². The molecule has 3 rings (SSSR count). The lowest BCUT2D eigenvalue weighted by molar-refractivity contribution is 0.0627. The number of aromatic nitrogens is 2. The fourth-order valence-corrected chi connectivity index (χ4v) is 2.79. The molecule has 0 aromatic carbocycles. The van der Waals surface area contributed by atoms with Crippen molar-refractivity contribution in [3.05, 3.63) is 18.2 Å². The van der Waals surface area contributed by atoms with E-state index in [2.05, 4.69) is 15.2 Å². The maximum Gasteiger partial charge on any atom is 0.319 e. The van der Waals surface area contributed by atoms with E-state index in [0.717, 1.165) is 43.0 Å². The Bertz CT molecular complexity index is 423. The minimum atomic E-state index is -2.50. The maximum absolute atomic E-state index is 12.8. The van der Waals surface area contributed by atoms with Gasteiger partial charge in [-0.1, -0.05) is 0 Å². The van der Waals surface area contributed by atoms with Gasteiger partial charge in [0.1, 0.15) is 5.82 Å². The third kappa shape index (κ3) is 3.55. The molecule has 20 heavy (non-hydrogen) atoms. The Balaban J connectivity index is 1.44. The van der Waals surface area contributed by atoms with Gasteiger partial charge in [0, 0.05) is 31.5 Å². The molecule has 112 valence electrons. The van der Waals surface area contributed by atoms with Crippen molar-refractivity contribution in [1.29, 1.82) is 0 Å². The third-order valence-electron chi connectivity index (χ3n) is 4.30. The van der Waals surface area contributed by atoms with Crippen LogP contribution in [0, 0.1) is 5.92 Å². The first-order valence-electron chi connectivity index (χ1n) is 7.48. The number of imidazole rings is 1. The molecular formula is C14H22F2N4. The molecule has 4 nitrogen and oxygen atoms in total. The van der Waals surface area contributed by atoms with E-state index in [0.29, 0.717) is 18.4 Å². The SMILES string of the molecule is FC(F)n1ccnc1CN1CCC(NCC2CC2)CC1. The van der Waals surface area contributed by atoms with Gasteiger partial charge < -0.3 is 5.32 Å². The first kappa shape index (κ1) is 13.9. The van der Waals surface area contributed by atoms with Crippen LogP contribution in [0.4, 0.5) is 8.78 Å². The van der Waals surface area contributed by atoms with Gasteiger partial charge in [0.05, 0.1) is 6.54 Å². The zero-order valence-electron chi connectivity index (χ0n) is 11.6. The van der Waals surface area contributed by atoms with E-state index in [1.807, 2.05) is 0 Å². The largest absolute Gasteiger partial charge is 0.319 e. The molecule has 2 fully saturated rings. The molecule has 6 heteroatoms. The molecule has 0 radical (unpaired) electrons. The lowest BCUT2D eigenvalue weighted by atomic mass is 10.0. The second-order valence-corrected chi connectivity index (χ2v) is 5.93. The van der Waals surface area contributed by atoms with Crippen LogP contribution in [-0.2, 0) is 6.54 Å². The van der Waals surface area contributed by atoms with Gasteiger partial charge in [0.2, 0.25) is 0 Å². The molecule has 1 saturated heterocycles. The summed E-state index contributed by atoms with van der Waals surface area (Å²) in [6.45, 7) is 1.09. The van der Waals surface area contributed by atoms with E-state index in [1.54, 1.807) is 0 Å². The number of nitrogens with one attached hydrogen (secondary N) is 1. The van der Waals surface area contributed by atoms with Crippen molar-refractivity contribution in [2.24, 2.45) is 5.92 Å². The molecule has 1 saturated carbocycles. The summed E-state index contributed by atoms with van der Waals surface area (Å²) in [5.74, 6) is 1.37. The molecule has 1 aromatic rings. The Labute approximate surface area is 118 Å². The summed E-state index contributed by atoms with van der Waals surface area (Å²) in [5, 5.41) is 3.63. The summed E-state index contributed by atoms with van der Waals surface area (Å²) in [6.07, 6.45) is 7.75. The molecule has 0 spiro atoms. The monoisotopic (exact) mass is 284 g/mol. The first-order valence-corrected chi connectivity index (χ1v) is 7.48. The average molecular weight is 284 g/mol. The Morgan fingerprint density at radius 2 is 2.00 bits per heavy atom. The standard InChI is InChI=1S/C14H22F2N4/c15-14(16)20-8-5-17-13(20)10-19-6-3-12(4-7-19)18-9-11-1-2-11/h5,8,11-12,14,18H,1-4,6-7,9-10H2. The Hall–Kier alpha value is -1.01. The van der Waals surface area contributed by atoms with Crippen molar-refractivity contribution in [3.8, 4) is 0 Å². The number of nitrogens with zero attached hydrogens (tertiary/aromatic N) is 3. The van der Waals surface area contributed by atoms with Crippen molar-refractivity contribution in [2.45, 2.75) is 44.8 Å². The van der Waals surface area contributed by atoms with Gasteiger partial charge in [-0.3, -0.25) is 9.47 Å². The Kier molecular flexibility index (Phi) is 4.31. The van der Waals surface area contributed by atoms with Crippen LogP contribution in [0.15, 0.2) is 12.4 Å². The molecule has 2 aliphatic rings. The average Bonchev–Trinajstić information content (AvgIpc) is 3.16. The molecule has 1 N–H and O–H groups in total. The first-order chi connectivity index (χ1) is 9.72. The van der Waals surface area contributed by atoms with E-state index in [-0.39, 0.29) is 0 Å². The highest BCUT2D eigenvalue weighted by Gasteiger charge is 2.25. The van der Waals surface area contributed by atoms with Crippen LogP contribution >= 0.6 is 0 Å². The van der Waals surface area contributed by atoms with Crippen LogP contribution < -0.4 is 5.32 Å². The van der Waals surface area contributed by atoms with Gasteiger partial charge in [-0.2, -0.15) is 8.78 Å². The number of alkyl halides is 2. The summed E-state index contributed by atoms with van der Waals surface area (Å²) in [7, 11) is 0. The Morgan fingerprint density at radius 1 is 1.25 bits per heavy atom. The normalized spacial score (nSPS) is 21.8. The number of hydrogen-bond donors (Lipinski definition) is 1. The van der Waals surface area contributed by atoms with Gasteiger partial charge in [0.25, 0.3) is 0 Å². The lowest BCUT2D eigenvalue weighted by Crippen LogP contribution is -2.43. The maximum atomic E-state index is 12.8. The molecule has 0 atom stereocenters. The fraction of sp³-hybridized carbons (Fsp3) is 0.786. The van der Waals surface area contributed by atoms with Gasteiger partial charge in [-0.05, 0) is 38.1 Å². The number of likely N-dealkylation sites (tertiary alicyclic amines) is 1. The predicted octanol–water partition coefficient (Wildman–Crippen LogP) is 2.24. The summed E-state index contributed by atoms with van der Waals surface area (Å²) in [5.41, 5.74) is 0. The lowest BCUT2D eigenvalue weighted by Gasteiger charge is -2.32. The van der Waals surface area contributed by atoms with Crippen LogP contribution in [0.25, 0.3) is 0 Å². The van der Waals surface area contributed by atoms with E-state index in [1.165, 1.54) is 25.2 Å². The van der Waals surface area contributed by atoms with E-state index in [4.69, 9.17) is 0 Å². The van der Waals surface area contributed by atoms with Crippen molar-refractivity contribution < 1.29 is 8.78 Å². The molecule has 1 aliphatic heterocycles. The number of hydrogen-bond acceptors (Lipinski definition) is 3. The van der Waals surface area contributed by atoms with Gasteiger partial charge in [-0.25, -0.2) is 4.98 Å². The van der Waals surface area contributed by atoms with Crippen LogP contribution in [0.3, 0.4) is 0 Å². The molecule has 1 aliphatic carbocycles. The number of rotatable bonds is 6.